The van der Waals surface area contributed by atoms with Crippen molar-refractivity contribution in [2.24, 2.45) is 17.6 Å². The quantitative estimate of drug-likeness (QED) is 0.848. The molecule has 0 bridgehead atoms. The van der Waals surface area contributed by atoms with Crippen LogP contribution in [-0.4, -0.2) is 15.2 Å². The van der Waals surface area contributed by atoms with Crippen LogP contribution in [0.1, 0.15) is 70.1 Å². The summed E-state index contributed by atoms with van der Waals surface area (Å²) >= 11 is 0. The summed E-state index contributed by atoms with van der Waals surface area (Å²) in [6, 6.07) is -0.0768. The van der Waals surface area contributed by atoms with E-state index in [4.69, 9.17) is 5.73 Å². The molecule has 4 nitrogen and oxygen atoms in total. The number of H-pyrrole nitrogens is 1. The molecule has 0 saturated heterocycles. The van der Waals surface area contributed by atoms with Crippen molar-refractivity contribution in [2.45, 2.75) is 58.4 Å². The van der Waals surface area contributed by atoms with Crippen LogP contribution in [0.3, 0.4) is 0 Å². The summed E-state index contributed by atoms with van der Waals surface area (Å²) in [6.45, 7) is 6.57. The van der Waals surface area contributed by atoms with E-state index in [9.17, 15) is 0 Å². The summed E-state index contributed by atoms with van der Waals surface area (Å²) in [7, 11) is 0. The first kappa shape index (κ1) is 12.6. The lowest BCUT2D eigenvalue weighted by Gasteiger charge is -2.29. The average Bonchev–Trinajstić information content (AvgIpc) is 2.78. The summed E-state index contributed by atoms with van der Waals surface area (Å²) in [4.78, 5) is 4.51. The Kier molecular flexibility index (Phi) is 3.82. The Hall–Kier alpha value is -0.900. The topological polar surface area (TPSA) is 67.6 Å². The van der Waals surface area contributed by atoms with Gasteiger partial charge < -0.3 is 5.73 Å². The molecule has 0 aliphatic heterocycles. The van der Waals surface area contributed by atoms with E-state index in [1.54, 1.807) is 0 Å². The zero-order valence-corrected chi connectivity index (χ0v) is 11.1. The van der Waals surface area contributed by atoms with Gasteiger partial charge in [-0.1, -0.05) is 13.8 Å². The molecule has 1 aromatic rings. The molecule has 2 rings (SSSR count). The molecule has 0 spiro atoms. The van der Waals surface area contributed by atoms with Crippen molar-refractivity contribution < 1.29 is 0 Å². The largest absolute Gasteiger partial charge is 0.321 e. The van der Waals surface area contributed by atoms with Crippen molar-refractivity contribution in [1.82, 2.24) is 15.2 Å². The van der Waals surface area contributed by atoms with E-state index in [2.05, 4.69) is 29.0 Å². The lowest BCUT2D eigenvalue weighted by Crippen LogP contribution is -2.18. The number of rotatable bonds is 3. The Bertz CT molecular complexity index is 348. The van der Waals surface area contributed by atoms with Crippen LogP contribution in [0.4, 0.5) is 0 Å². The van der Waals surface area contributed by atoms with E-state index in [-0.39, 0.29) is 6.04 Å². The van der Waals surface area contributed by atoms with Crippen LogP contribution >= 0.6 is 0 Å². The monoisotopic (exact) mass is 236 g/mol. The third-order valence-corrected chi connectivity index (χ3v) is 4.03. The van der Waals surface area contributed by atoms with Gasteiger partial charge in [0.15, 0.2) is 5.82 Å². The third-order valence-electron chi connectivity index (χ3n) is 4.03. The van der Waals surface area contributed by atoms with Crippen LogP contribution in [0.25, 0.3) is 0 Å². The molecule has 1 aromatic heterocycles. The molecular formula is C13H24N4. The molecule has 3 N–H and O–H groups in total. The summed E-state index contributed by atoms with van der Waals surface area (Å²) in [5.41, 5.74) is 5.77. The first-order valence-electron chi connectivity index (χ1n) is 6.75. The second-order valence-electron chi connectivity index (χ2n) is 5.72. The summed E-state index contributed by atoms with van der Waals surface area (Å²) in [5.74, 6) is 4.04. The van der Waals surface area contributed by atoms with Crippen LogP contribution in [0.15, 0.2) is 0 Å². The predicted molar refractivity (Wildman–Crippen MR) is 68.5 cm³/mol. The summed E-state index contributed by atoms with van der Waals surface area (Å²) < 4.78 is 0. The normalized spacial score (nSPS) is 27.4. The van der Waals surface area contributed by atoms with Crippen molar-refractivity contribution in [1.29, 1.82) is 0 Å². The molecule has 1 aliphatic carbocycles. The molecule has 1 fully saturated rings. The van der Waals surface area contributed by atoms with Crippen LogP contribution in [0.5, 0.6) is 0 Å². The number of aromatic nitrogens is 3. The maximum Gasteiger partial charge on any atom is 0.167 e. The fourth-order valence-electron chi connectivity index (χ4n) is 2.73. The molecule has 1 saturated carbocycles. The average molecular weight is 236 g/mol. The van der Waals surface area contributed by atoms with Gasteiger partial charge in [0.2, 0.25) is 0 Å². The van der Waals surface area contributed by atoms with E-state index in [1.165, 1.54) is 25.7 Å². The third kappa shape index (κ3) is 2.86. The number of nitrogens with one attached hydrogen (secondary N) is 1. The van der Waals surface area contributed by atoms with Gasteiger partial charge in [0.05, 0.1) is 6.04 Å². The van der Waals surface area contributed by atoms with Gasteiger partial charge >= 0.3 is 0 Å². The van der Waals surface area contributed by atoms with Crippen LogP contribution in [0, 0.1) is 11.8 Å². The second-order valence-corrected chi connectivity index (χ2v) is 5.72. The van der Waals surface area contributed by atoms with Gasteiger partial charge in [0.25, 0.3) is 0 Å². The fraction of sp³-hybridized carbons (Fsp3) is 0.846. The van der Waals surface area contributed by atoms with Gasteiger partial charge in [-0.05, 0) is 44.4 Å². The molecule has 1 unspecified atom stereocenters. The van der Waals surface area contributed by atoms with Crippen LogP contribution in [0.2, 0.25) is 0 Å². The van der Waals surface area contributed by atoms with E-state index in [1.807, 2.05) is 6.92 Å². The second kappa shape index (κ2) is 5.17. The summed E-state index contributed by atoms with van der Waals surface area (Å²) in [6.07, 6.45) is 5.10. The minimum Gasteiger partial charge on any atom is -0.321 e. The Morgan fingerprint density at radius 2 is 1.82 bits per heavy atom. The van der Waals surface area contributed by atoms with E-state index >= 15 is 0 Å². The number of hydrogen-bond acceptors (Lipinski definition) is 3. The van der Waals surface area contributed by atoms with Gasteiger partial charge in [0, 0.05) is 5.92 Å². The molecule has 0 aromatic carbocycles. The van der Waals surface area contributed by atoms with Gasteiger partial charge in [-0.15, -0.1) is 0 Å². The van der Waals surface area contributed by atoms with Gasteiger partial charge in [-0.25, -0.2) is 4.98 Å². The maximum absolute atomic E-state index is 5.77. The van der Waals surface area contributed by atoms with Crippen molar-refractivity contribution in [3.05, 3.63) is 11.6 Å². The highest BCUT2D eigenvalue weighted by Gasteiger charge is 2.26. The maximum atomic E-state index is 5.77. The number of hydrogen-bond donors (Lipinski definition) is 2. The Balaban J connectivity index is 1.96. The molecule has 0 amide bonds. The molecule has 1 aliphatic rings. The lowest BCUT2D eigenvalue weighted by molar-refractivity contribution is 0.255. The molecule has 0 radical (unpaired) electrons. The fourth-order valence-corrected chi connectivity index (χ4v) is 2.73. The summed E-state index contributed by atoms with van der Waals surface area (Å²) in [5, 5.41) is 7.24. The number of nitrogens with two attached hydrogens (primary N) is 1. The molecule has 4 heteroatoms. The first-order chi connectivity index (χ1) is 8.08. The van der Waals surface area contributed by atoms with Crippen LogP contribution < -0.4 is 5.73 Å². The minimum atomic E-state index is -0.0768. The smallest absolute Gasteiger partial charge is 0.167 e. The number of aromatic amines is 1. The Labute approximate surface area is 103 Å². The van der Waals surface area contributed by atoms with Gasteiger partial charge in [-0.2, -0.15) is 5.10 Å². The van der Waals surface area contributed by atoms with E-state index < -0.39 is 0 Å². The van der Waals surface area contributed by atoms with E-state index in [0.29, 0.717) is 5.92 Å². The van der Waals surface area contributed by atoms with Crippen molar-refractivity contribution >= 4 is 0 Å². The van der Waals surface area contributed by atoms with Crippen molar-refractivity contribution in [2.75, 3.05) is 0 Å². The van der Waals surface area contributed by atoms with Crippen molar-refractivity contribution in [3.8, 4) is 0 Å². The highest BCUT2D eigenvalue weighted by molar-refractivity contribution is 5.01. The Morgan fingerprint density at radius 1 is 1.18 bits per heavy atom. The predicted octanol–water partition coefficient (Wildman–Crippen LogP) is 2.75. The molecule has 1 heterocycles. The molecule has 17 heavy (non-hydrogen) atoms. The van der Waals surface area contributed by atoms with Gasteiger partial charge in [-0.3, -0.25) is 5.10 Å². The zero-order chi connectivity index (χ0) is 12.4. The standard InChI is InChI=1S/C13H24N4/c1-8(2)10-4-6-11(7-5-10)13-15-12(9(3)14)16-17-13/h8-11H,4-7,14H2,1-3H3,(H,15,16,17). The molecule has 96 valence electrons. The van der Waals surface area contributed by atoms with Crippen LogP contribution in [-0.2, 0) is 0 Å². The SMILES string of the molecule is CC(N)c1n[nH]c(C2CCC(C(C)C)CC2)n1. The van der Waals surface area contributed by atoms with Crippen molar-refractivity contribution in [3.63, 3.8) is 0 Å². The minimum absolute atomic E-state index is 0.0768. The van der Waals surface area contributed by atoms with Gasteiger partial charge in [0.1, 0.15) is 5.82 Å². The molecular weight excluding hydrogens is 212 g/mol. The Morgan fingerprint density at radius 3 is 2.29 bits per heavy atom. The first-order valence-corrected chi connectivity index (χ1v) is 6.75. The number of nitrogens with zero attached hydrogens (tertiary/aromatic N) is 2. The van der Waals surface area contributed by atoms with E-state index in [0.717, 1.165) is 23.5 Å². The highest BCUT2D eigenvalue weighted by Crippen LogP contribution is 2.37. The lowest BCUT2D eigenvalue weighted by atomic mass is 9.77. The highest BCUT2D eigenvalue weighted by atomic mass is 15.2. The molecule has 1 atom stereocenters. The zero-order valence-electron chi connectivity index (χ0n) is 11.1.